The normalized spacial score (nSPS) is 31.2. The molecule has 7 nitrogen and oxygen atoms in total. The summed E-state index contributed by atoms with van der Waals surface area (Å²) in [6.45, 7) is 5.16. The fraction of sp³-hybridized carbons (Fsp3) is 0.560. The molecule has 1 aliphatic carbocycles. The molecular formula is C25H29N5O2. The Kier molecular flexibility index (Phi) is 4.81. The third-order valence-electron chi connectivity index (χ3n) is 8.05. The first kappa shape index (κ1) is 20.0. The highest BCUT2D eigenvalue weighted by Gasteiger charge is 2.40. The molecule has 0 aromatic carbocycles. The van der Waals surface area contributed by atoms with Crippen molar-refractivity contribution in [2.45, 2.75) is 44.4 Å². The molecule has 0 amide bonds. The number of nitrogens with zero attached hydrogens (tertiary/aromatic N) is 5. The molecule has 2 aromatic heterocycles. The summed E-state index contributed by atoms with van der Waals surface area (Å²) in [7, 11) is 0. The maximum Gasteiger partial charge on any atom is 0.255 e. The molecule has 5 atom stereocenters. The summed E-state index contributed by atoms with van der Waals surface area (Å²) in [6, 6.07) is 11.9. The Bertz CT molecular complexity index is 1120. The van der Waals surface area contributed by atoms with Crippen LogP contribution in [0.4, 0.5) is 5.82 Å². The molecule has 1 saturated carbocycles. The zero-order valence-electron chi connectivity index (χ0n) is 18.2. The molecule has 2 saturated heterocycles. The largest absolute Gasteiger partial charge is 0.393 e. The quantitative estimate of drug-likeness (QED) is 0.800. The predicted octanol–water partition coefficient (Wildman–Crippen LogP) is 1.94. The van der Waals surface area contributed by atoms with Crippen LogP contribution in [0.3, 0.4) is 0 Å². The minimum Gasteiger partial charge on any atom is -0.393 e. The third kappa shape index (κ3) is 3.42. The van der Waals surface area contributed by atoms with Crippen molar-refractivity contribution in [1.82, 2.24) is 14.5 Å². The first-order chi connectivity index (χ1) is 15.6. The first-order valence-corrected chi connectivity index (χ1v) is 11.8. The molecular weight excluding hydrogens is 402 g/mol. The molecule has 0 spiro atoms. The van der Waals surface area contributed by atoms with E-state index in [9.17, 15) is 15.2 Å². The Morgan fingerprint density at radius 3 is 2.62 bits per heavy atom. The Hall–Kier alpha value is -2.69. The summed E-state index contributed by atoms with van der Waals surface area (Å²) in [5, 5.41) is 19.1. The van der Waals surface area contributed by atoms with Gasteiger partial charge in [0.2, 0.25) is 0 Å². The van der Waals surface area contributed by atoms with Crippen LogP contribution in [0.25, 0.3) is 0 Å². The Morgan fingerprint density at radius 2 is 1.84 bits per heavy atom. The maximum absolute atomic E-state index is 13.4. The molecule has 2 bridgehead atoms. The monoisotopic (exact) mass is 431 g/mol. The second-order valence-corrected chi connectivity index (χ2v) is 10.2. The van der Waals surface area contributed by atoms with Crippen molar-refractivity contribution in [1.29, 1.82) is 5.26 Å². The van der Waals surface area contributed by atoms with Gasteiger partial charge in [-0.25, -0.2) is 4.98 Å². The van der Waals surface area contributed by atoms with Gasteiger partial charge in [0, 0.05) is 56.4 Å². The topological polar surface area (TPSA) is 85.4 Å². The number of pyridine rings is 2. The molecule has 2 aromatic rings. The van der Waals surface area contributed by atoms with Crippen LogP contribution in [0.5, 0.6) is 0 Å². The smallest absolute Gasteiger partial charge is 0.255 e. The van der Waals surface area contributed by atoms with Gasteiger partial charge in [0.05, 0.1) is 6.10 Å². The van der Waals surface area contributed by atoms with Gasteiger partial charge in [-0.15, -0.1) is 0 Å². The van der Waals surface area contributed by atoms with Gasteiger partial charge in [0.1, 0.15) is 17.6 Å². The minimum absolute atomic E-state index is 0.127. The van der Waals surface area contributed by atoms with Crippen molar-refractivity contribution < 1.29 is 5.11 Å². The predicted molar refractivity (Wildman–Crippen MR) is 120 cm³/mol. The number of rotatable bonds is 3. The SMILES string of the molecule is N#Cc1cccc(N2C[C@@H]3C[C@H](C2)c2ccc(CN4C[C@H]5CC(O)C[C@H]5C4)c(=O)n2C3)n1. The lowest BCUT2D eigenvalue weighted by atomic mass is 9.83. The van der Waals surface area contributed by atoms with Crippen molar-refractivity contribution >= 4 is 5.82 Å². The number of hydrogen-bond donors (Lipinski definition) is 1. The number of anilines is 1. The van der Waals surface area contributed by atoms with Crippen molar-refractivity contribution in [3.63, 3.8) is 0 Å². The number of likely N-dealkylation sites (tertiary alicyclic amines) is 1. The summed E-state index contributed by atoms with van der Waals surface area (Å²) in [6.07, 6.45) is 2.80. The first-order valence-electron chi connectivity index (χ1n) is 11.8. The molecule has 166 valence electrons. The van der Waals surface area contributed by atoms with E-state index < -0.39 is 0 Å². The molecule has 4 aliphatic rings. The van der Waals surface area contributed by atoms with Crippen LogP contribution in [0.1, 0.15) is 42.1 Å². The molecule has 3 fully saturated rings. The lowest BCUT2D eigenvalue weighted by Crippen LogP contribution is -2.48. The van der Waals surface area contributed by atoms with E-state index in [1.54, 1.807) is 6.07 Å². The van der Waals surface area contributed by atoms with Gasteiger partial charge in [-0.1, -0.05) is 12.1 Å². The van der Waals surface area contributed by atoms with Crippen LogP contribution < -0.4 is 10.5 Å². The van der Waals surface area contributed by atoms with Gasteiger partial charge in [0.25, 0.3) is 5.56 Å². The lowest BCUT2D eigenvalue weighted by molar-refractivity contribution is 0.161. The number of fused-ring (bicyclic) bond motifs is 5. The summed E-state index contributed by atoms with van der Waals surface area (Å²) < 4.78 is 2.03. The van der Waals surface area contributed by atoms with Crippen LogP contribution in [0.2, 0.25) is 0 Å². The van der Waals surface area contributed by atoms with Crippen LogP contribution in [-0.2, 0) is 13.1 Å². The van der Waals surface area contributed by atoms with Gasteiger partial charge in [-0.2, -0.15) is 5.26 Å². The second-order valence-electron chi connectivity index (χ2n) is 10.2. The molecule has 0 radical (unpaired) electrons. The van der Waals surface area contributed by atoms with Crippen LogP contribution in [-0.4, -0.2) is 51.8 Å². The highest BCUT2D eigenvalue weighted by molar-refractivity contribution is 5.43. The van der Waals surface area contributed by atoms with Gasteiger partial charge in [0.15, 0.2) is 0 Å². The number of aliphatic hydroxyl groups excluding tert-OH is 1. The number of nitriles is 1. The van der Waals surface area contributed by atoms with Crippen molar-refractivity contribution in [3.8, 4) is 6.07 Å². The van der Waals surface area contributed by atoms with Crippen LogP contribution in [0, 0.1) is 29.1 Å². The van der Waals surface area contributed by atoms with E-state index in [2.05, 4.69) is 26.9 Å². The zero-order valence-corrected chi connectivity index (χ0v) is 18.2. The van der Waals surface area contributed by atoms with Crippen LogP contribution in [0.15, 0.2) is 35.1 Å². The van der Waals surface area contributed by atoms with Crippen molar-refractivity contribution in [2.75, 3.05) is 31.1 Å². The lowest BCUT2D eigenvalue weighted by Gasteiger charge is -2.43. The van der Waals surface area contributed by atoms with Crippen molar-refractivity contribution in [3.05, 3.63) is 57.6 Å². The van der Waals surface area contributed by atoms with E-state index in [1.165, 1.54) is 0 Å². The van der Waals surface area contributed by atoms with Gasteiger partial charge < -0.3 is 14.6 Å². The molecule has 1 N–H and O–H groups in total. The van der Waals surface area contributed by atoms with E-state index in [4.69, 9.17) is 0 Å². The fourth-order valence-electron chi connectivity index (χ4n) is 6.70. The third-order valence-corrected chi connectivity index (χ3v) is 8.05. The molecule has 3 aliphatic heterocycles. The van der Waals surface area contributed by atoms with E-state index in [0.717, 1.165) is 69.1 Å². The second kappa shape index (κ2) is 7.72. The molecule has 1 unspecified atom stereocenters. The summed E-state index contributed by atoms with van der Waals surface area (Å²) in [5.41, 5.74) is 2.65. The van der Waals surface area contributed by atoms with E-state index in [1.807, 2.05) is 22.8 Å². The summed E-state index contributed by atoms with van der Waals surface area (Å²) in [4.78, 5) is 22.6. The molecule has 6 rings (SSSR count). The van der Waals surface area contributed by atoms with E-state index in [-0.39, 0.29) is 11.7 Å². The molecule has 5 heterocycles. The Labute approximate surface area is 187 Å². The highest BCUT2D eigenvalue weighted by Crippen LogP contribution is 2.39. The Morgan fingerprint density at radius 1 is 1.03 bits per heavy atom. The molecule has 32 heavy (non-hydrogen) atoms. The highest BCUT2D eigenvalue weighted by atomic mass is 16.3. The minimum atomic E-state index is -0.127. The molecule has 7 heteroatoms. The average molecular weight is 432 g/mol. The zero-order chi connectivity index (χ0) is 21.8. The van der Waals surface area contributed by atoms with Gasteiger partial charge in [-0.3, -0.25) is 9.69 Å². The number of hydrogen-bond acceptors (Lipinski definition) is 6. The van der Waals surface area contributed by atoms with Gasteiger partial charge >= 0.3 is 0 Å². The number of piperidine rings is 1. The van der Waals surface area contributed by atoms with E-state index >= 15 is 0 Å². The fourth-order valence-corrected chi connectivity index (χ4v) is 6.70. The number of aliphatic hydroxyl groups is 1. The average Bonchev–Trinajstić information content (AvgIpc) is 3.32. The van der Waals surface area contributed by atoms with Crippen LogP contribution >= 0.6 is 0 Å². The summed E-state index contributed by atoms with van der Waals surface area (Å²) >= 11 is 0. The van der Waals surface area contributed by atoms with E-state index in [0.29, 0.717) is 35.9 Å². The maximum atomic E-state index is 13.4. The van der Waals surface area contributed by atoms with Crippen molar-refractivity contribution in [2.24, 2.45) is 17.8 Å². The standard InChI is InChI=1S/C25H29N5O2/c26-9-21-2-1-3-24(27-21)29-10-16-6-20(15-29)23-5-4-17(25(32)30(23)11-16)12-28-13-18-7-22(31)8-19(18)14-28/h1-5,16,18-20,22,31H,6-8,10-15H2/t16-,18-,19+,20+,22?/m0/s1. The Balaban J connectivity index is 1.21. The number of aromatic nitrogens is 2. The summed E-state index contributed by atoms with van der Waals surface area (Å²) in [5.74, 6) is 2.75. The van der Waals surface area contributed by atoms with Gasteiger partial charge in [-0.05, 0) is 55.2 Å².